The molecule has 1 aromatic carbocycles. The van der Waals surface area contributed by atoms with E-state index in [1.165, 1.54) is 6.07 Å². The zero-order valence-electron chi connectivity index (χ0n) is 12.2. The fraction of sp³-hybridized carbons (Fsp3) is 0.333. The Labute approximate surface area is 125 Å². The van der Waals surface area contributed by atoms with Crippen LogP contribution in [0.4, 0.5) is 5.69 Å². The molecule has 0 saturated heterocycles. The van der Waals surface area contributed by atoms with Crippen molar-refractivity contribution in [2.75, 3.05) is 4.72 Å². The van der Waals surface area contributed by atoms with Crippen molar-refractivity contribution in [1.29, 1.82) is 0 Å². The van der Waals surface area contributed by atoms with Crippen molar-refractivity contribution in [1.82, 2.24) is 4.57 Å². The summed E-state index contributed by atoms with van der Waals surface area (Å²) in [5, 5.41) is 9.32. The molecular weight excluding hydrogens is 288 g/mol. The first-order valence-electron chi connectivity index (χ1n) is 6.86. The molecule has 1 heterocycles. The van der Waals surface area contributed by atoms with Crippen LogP contribution in [0.3, 0.4) is 0 Å². The van der Waals surface area contributed by atoms with Crippen molar-refractivity contribution in [2.24, 2.45) is 0 Å². The minimum absolute atomic E-state index is 0.170. The second-order valence-corrected chi connectivity index (χ2v) is 6.62. The molecule has 2 aromatic rings. The van der Waals surface area contributed by atoms with E-state index in [9.17, 15) is 13.5 Å². The van der Waals surface area contributed by atoms with Gasteiger partial charge >= 0.3 is 0 Å². The van der Waals surface area contributed by atoms with Crippen molar-refractivity contribution in [3.05, 3.63) is 47.8 Å². The maximum atomic E-state index is 12.4. The predicted molar refractivity (Wildman–Crippen MR) is 82.6 cm³/mol. The van der Waals surface area contributed by atoms with Crippen LogP contribution in [0.15, 0.2) is 41.4 Å². The summed E-state index contributed by atoms with van der Waals surface area (Å²) < 4.78 is 29.2. The SMILES string of the molecule is CCCn1cc(S(=O)(=O)Nc2ccccc2C)cc1CO. The van der Waals surface area contributed by atoms with E-state index in [0.717, 1.165) is 12.0 Å². The number of aromatic nitrogens is 1. The normalized spacial score (nSPS) is 11.6. The minimum Gasteiger partial charge on any atom is -0.390 e. The van der Waals surface area contributed by atoms with Crippen LogP contribution in [0, 0.1) is 6.92 Å². The summed E-state index contributed by atoms with van der Waals surface area (Å²) in [6.07, 6.45) is 2.43. The van der Waals surface area contributed by atoms with E-state index in [-0.39, 0.29) is 11.5 Å². The second kappa shape index (κ2) is 6.32. The molecule has 0 bridgehead atoms. The van der Waals surface area contributed by atoms with Crippen molar-refractivity contribution in [3.63, 3.8) is 0 Å². The first-order chi connectivity index (χ1) is 9.97. The summed E-state index contributed by atoms with van der Waals surface area (Å²) in [5.74, 6) is 0. The van der Waals surface area contributed by atoms with E-state index in [0.29, 0.717) is 17.9 Å². The average Bonchev–Trinajstić information content (AvgIpc) is 2.86. The highest BCUT2D eigenvalue weighted by Gasteiger charge is 2.18. The Morgan fingerprint density at radius 1 is 1.29 bits per heavy atom. The van der Waals surface area contributed by atoms with Crippen LogP contribution in [-0.2, 0) is 23.2 Å². The number of hydrogen-bond donors (Lipinski definition) is 2. The monoisotopic (exact) mass is 308 g/mol. The number of nitrogens with one attached hydrogen (secondary N) is 1. The van der Waals surface area contributed by atoms with Gasteiger partial charge in [-0.25, -0.2) is 8.42 Å². The summed E-state index contributed by atoms with van der Waals surface area (Å²) in [4.78, 5) is 0.170. The molecule has 2 N–H and O–H groups in total. The molecule has 1 aromatic heterocycles. The first-order valence-corrected chi connectivity index (χ1v) is 8.34. The van der Waals surface area contributed by atoms with Crippen LogP contribution < -0.4 is 4.72 Å². The highest BCUT2D eigenvalue weighted by molar-refractivity contribution is 7.92. The van der Waals surface area contributed by atoms with E-state index in [4.69, 9.17) is 0 Å². The average molecular weight is 308 g/mol. The summed E-state index contributed by atoms with van der Waals surface area (Å²) in [7, 11) is -3.65. The molecule has 2 rings (SSSR count). The largest absolute Gasteiger partial charge is 0.390 e. The Morgan fingerprint density at radius 2 is 2.00 bits per heavy atom. The molecule has 0 amide bonds. The molecule has 5 nitrogen and oxygen atoms in total. The summed E-state index contributed by atoms with van der Waals surface area (Å²) in [5.41, 5.74) is 2.02. The standard InChI is InChI=1S/C15H20N2O3S/c1-3-8-17-10-14(9-13(17)11-18)21(19,20)16-15-7-5-4-6-12(15)2/h4-7,9-10,16,18H,3,8,11H2,1-2H3. The van der Waals surface area contributed by atoms with Gasteiger partial charge in [0.15, 0.2) is 0 Å². The number of rotatable bonds is 6. The summed E-state index contributed by atoms with van der Waals surface area (Å²) in [6.45, 7) is 4.34. The van der Waals surface area contributed by atoms with Gasteiger partial charge < -0.3 is 9.67 Å². The molecule has 21 heavy (non-hydrogen) atoms. The minimum atomic E-state index is -3.65. The van der Waals surface area contributed by atoms with Crippen molar-refractivity contribution < 1.29 is 13.5 Å². The maximum Gasteiger partial charge on any atom is 0.263 e. The lowest BCUT2D eigenvalue weighted by Gasteiger charge is -2.09. The fourth-order valence-corrected chi connectivity index (χ4v) is 3.34. The molecule has 0 atom stereocenters. The van der Waals surface area contributed by atoms with Gasteiger partial charge in [0, 0.05) is 18.4 Å². The zero-order valence-corrected chi connectivity index (χ0v) is 13.0. The maximum absolute atomic E-state index is 12.4. The van der Waals surface area contributed by atoms with Crippen LogP contribution in [0.5, 0.6) is 0 Å². The molecular formula is C15H20N2O3S. The molecule has 114 valence electrons. The topological polar surface area (TPSA) is 71.3 Å². The number of aryl methyl sites for hydroxylation is 2. The molecule has 0 aliphatic heterocycles. The third-order valence-electron chi connectivity index (χ3n) is 3.29. The fourth-order valence-electron chi connectivity index (χ4n) is 2.14. The van der Waals surface area contributed by atoms with Gasteiger partial charge in [0.05, 0.1) is 12.3 Å². The number of hydrogen-bond acceptors (Lipinski definition) is 3. The van der Waals surface area contributed by atoms with Gasteiger partial charge in [-0.05, 0) is 31.0 Å². The lowest BCUT2D eigenvalue weighted by atomic mass is 10.2. The van der Waals surface area contributed by atoms with E-state index < -0.39 is 10.0 Å². The van der Waals surface area contributed by atoms with Crippen LogP contribution in [0.25, 0.3) is 0 Å². The van der Waals surface area contributed by atoms with E-state index in [1.807, 2.05) is 26.0 Å². The van der Waals surface area contributed by atoms with Gasteiger partial charge in [-0.2, -0.15) is 0 Å². The highest BCUT2D eigenvalue weighted by atomic mass is 32.2. The van der Waals surface area contributed by atoms with Gasteiger partial charge in [0.25, 0.3) is 10.0 Å². The predicted octanol–water partition coefficient (Wildman–Crippen LogP) is 2.50. The number of sulfonamides is 1. The third kappa shape index (κ3) is 3.46. The number of nitrogens with zero attached hydrogens (tertiary/aromatic N) is 1. The molecule has 0 aliphatic rings. The Bertz CT molecular complexity index is 720. The van der Waals surface area contributed by atoms with Gasteiger partial charge in [-0.1, -0.05) is 25.1 Å². The molecule has 0 aliphatic carbocycles. The molecule has 6 heteroatoms. The third-order valence-corrected chi connectivity index (χ3v) is 4.62. The van der Waals surface area contributed by atoms with Crippen LogP contribution in [-0.4, -0.2) is 18.1 Å². The van der Waals surface area contributed by atoms with E-state index >= 15 is 0 Å². The Balaban J connectivity index is 2.34. The highest BCUT2D eigenvalue weighted by Crippen LogP contribution is 2.21. The zero-order chi connectivity index (χ0) is 15.5. The van der Waals surface area contributed by atoms with Crippen molar-refractivity contribution >= 4 is 15.7 Å². The van der Waals surface area contributed by atoms with Crippen molar-refractivity contribution in [2.45, 2.75) is 38.3 Å². The van der Waals surface area contributed by atoms with Gasteiger partial charge in [0.1, 0.15) is 4.90 Å². The number of anilines is 1. The molecule has 0 spiro atoms. The lowest BCUT2D eigenvalue weighted by molar-refractivity contribution is 0.270. The molecule has 0 radical (unpaired) electrons. The quantitative estimate of drug-likeness (QED) is 0.861. The van der Waals surface area contributed by atoms with Gasteiger partial charge in [-0.3, -0.25) is 4.72 Å². The Morgan fingerprint density at radius 3 is 2.62 bits per heavy atom. The number of benzene rings is 1. The molecule has 0 fully saturated rings. The van der Waals surface area contributed by atoms with Crippen LogP contribution in [0.1, 0.15) is 24.6 Å². The first kappa shape index (κ1) is 15.6. The smallest absolute Gasteiger partial charge is 0.263 e. The Kier molecular flexibility index (Phi) is 4.69. The van der Waals surface area contributed by atoms with Crippen LogP contribution in [0.2, 0.25) is 0 Å². The second-order valence-electron chi connectivity index (χ2n) is 4.94. The van der Waals surface area contributed by atoms with Crippen molar-refractivity contribution in [3.8, 4) is 0 Å². The molecule has 0 saturated carbocycles. The van der Waals surface area contributed by atoms with Gasteiger partial charge in [0.2, 0.25) is 0 Å². The number of aliphatic hydroxyl groups excluding tert-OH is 1. The summed E-state index contributed by atoms with van der Waals surface area (Å²) in [6, 6.07) is 8.72. The molecule has 0 unspecified atom stereocenters. The Hall–Kier alpha value is -1.79. The lowest BCUT2D eigenvalue weighted by Crippen LogP contribution is -2.13. The summed E-state index contributed by atoms with van der Waals surface area (Å²) >= 11 is 0. The van der Waals surface area contributed by atoms with E-state index in [2.05, 4.69) is 4.72 Å². The van der Waals surface area contributed by atoms with Gasteiger partial charge in [-0.15, -0.1) is 0 Å². The number of aliphatic hydroxyl groups is 1. The van der Waals surface area contributed by atoms with Crippen LogP contribution >= 0.6 is 0 Å². The number of para-hydroxylation sites is 1. The van der Waals surface area contributed by atoms with E-state index in [1.54, 1.807) is 22.9 Å².